The van der Waals surface area contributed by atoms with Crippen LogP contribution in [0.4, 0.5) is 5.69 Å². The van der Waals surface area contributed by atoms with E-state index in [0.29, 0.717) is 11.9 Å². The first-order chi connectivity index (χ1) is 12.4. The van der Waals surface area contributed by atoms with Gasteiger partial charge in [0.1, 0.15) is 0 Å². The molecular weight excluding hydrogens is 358 g/mol. The van der Waals surface area contributed by atoms with Gasteiger partial charge in [0, 0.05) is 38.1 Å². The molecule has 1 unspecified atom stereocenters. The highest BCUT2D eigenvalue weighted by molar-refractivity contribution is 7.87. The van der Waals surface area contributed by atoms with Crippen LogP contribution in [0.3, 0.4) is 0 Å². The maximum Gasteiger partial charge on any atom is 0.304 e. The molecule has 1 amide bonds. The van der Waals surface area contributed by atoms with E-state index in [1.807, 2.05) is 12.1 Å². The van der Waals surface area contributed by atoms with Gasteiger partial charge in [-0.1, -0.05) is 0 Å². The highest BCUT2D eigenvalue weighted by Gasteiger charge is 2.32. The summed E-state index contributed by atoms with van der Waals surface area (Å²) in [5.41, 5.74) is 1.76. The second kappa shape index (κ2) is 6.53. The first-order valence-electron chi connectivity index (χ1n) is 8.67. The lowest BCUT2D eigenvalue weighted by Gasteiger charge is -2.18. The summed E-state index contributed by atoms with van der Waals surface area (Å²) in [4.78, 5) is 14.8. The molecule has 4 rings (SSSR count). The predicted octanol–water partition coefficient (Wildman–Crippen LogP) is -0.0243. The van der Waals surface area contributed by atoms with Crippen LogP contribution in [0.15, 0.2) is 24.5 Å². The maximum absolute atomic E-state index is 12.6. The molecule has 2 aromatic heterocycles. The van der Waals surface area contributed by atoms with E-state index in [-0.39, 0.29) is 18.7 Å². The Morgan fingerprint density at radius 2 is 2.04 bits per heavy atom. The smallest absolute Gasteiger partial charge is 0.304 e. The van der Waals surface area contributed by atoms with Crippen molar-refractivity contribution in [1.82, 2.24) is 18.6 Å². The molecule has 140 valence electrons. The molecule has 2 aliphatic heterocycles. The minimum atomic E-state index is -3.99. The second-order valence-corrected chi connectivity index (χ2v) is 8.37. The number of aliphatic hydroxyl groups excluding tert-OH is 1. The fourth-order valence-corrected chi connectivity index (χ4v) is 4.67. The third kappa shape index (κ3) is 3.15. The molecule has 0 aliphatic carbocycles. The Morgan fingerprint density at radius 1 is 1.27 bits per heavy atom. The van der Waals surface area contributed by atoms with E-state index in [2.05, 4.69) is 14.7 Å². The summed E-state index contributed by atoms with van der Waals surface area (Å²) in [6.07, 6.45) is 5.08. The van der Waals surface area contributed by atoms with Gasteiger partial charge in [-0.25, -0.2) is 9.24 Å². The maximum atomic E-state index is 12.6. The second-order valence-electron chi connectivity index (χ2n) is 6.70. The standard InChI is InChI=1S/C16H21N5O4S/c22-13-4-7-20(11-13)26(24,25)18-16(23)14-10-17-21-8-3-12(9-15(14)21)19-5-1-2-6-19/h3,8-10,13,22H,1-2,4-7,11H2,(H,18,23). The number of hydrogen-bond donors (Lipinski definition) is 2. The lowest BCUT2D eigenvalue weighted by atomic mass is 10.2. The largest absolute Gasteiger partial charge is 0.392 e. The van der Waals surface area contributed by atoms with Crippen molar-refractivity contribution in [3.63, 3.8) is 0 Å². The monoisotopic (exact) mass is 379 g/mol. The third-order valence-corrected chi connectivity index (χ3v) is 6.36. The van der Waals surface area contributed by atoms with E-state index in [0.717, 1.165) is 35.9 Å². The summed E-state index contributed by atoms with van der Waals surface area (Å²) in [6, 6.07) is 3.80. The number of pyridine rings is 1. The molecule has 0 radical (unpaired) electrons. The Balaban J connectivity index is 1.59. The summed E-state index contributed by atoms with van der Waals surface area (Å²) in [6.45, 7) is 2.13. The third-order valence-electron chi connectivity index (χ3n) is 4.91. The first kappa shape index (κ1) is 17.3. The first-order valence-corrected chi connectivity index (χ1v) is 10.1. The Hall–Kier alpha value is -2.17. The van der Waals surface area contributed by atoms with Crippen LogP contribution >= 0.6 is 0 Å². The quantitative estimate of drug-likeness (QED) is 0.773. The lowest BCUT2D eigenvalue weighted by molar-refractivity contribution is 0.0980. The number of aromatic nitrogens is 2. The van der Waals surface area contributed by atoms with Gasteiger partial charge in [0.25, 0.3) is 5.91 Å². The Kier molecular flexibility index (Phi) is 4.33. The van der Waals surface area contributed by atoms with Crippen LogP contribution in [0, 0.1) is 0 Å². The number of carbonyl (C=O) groups is 1. The summed E-state index contributed by atoms with van der Waals surface area (Å²) in [5, 5.41) is 13.7. The molecule has 4 heterocycles. The van der Waals surface area contributed by atoms with Crippen molar-refractivity contribution in [3.05, 3.63) is 30.1 Å². The van der Waals surface area contributed by atoms with Crippen LogP contribution in [0.1, 0.15) is 29.6 Å². The van der Waals surface area contributed by atoms with Crippen molar-refractivity contribution >= 4 is 27.3 Å². The molecule has 2 aromatic rings. The van der Waals surface area contributed by atoms with Gasteiger partial charge in [0.15, 0.2) is 0 Å². The Morgan fingerprint density at radius 3 is 2.73 bits per heavy atom. The number of fused-ring (bicyclic) bond motifs is 1. The average Bonchev–Trinajstić information content (AvgIpc) is 3.34. The summed E-state index contributed by atoms with van der Waals surface area (Å²) in [7, 11) is -3.99. The molecule has 2 N–H and O–H groups in total. The van der Waals surface area contributed by atoms with Crippen molar-refractivity contribution in [2.24, 2.45) is 0 Å². The fraction of sp³-hybridized carbons (Fsp3) is 0.500. The number of rotatable bonds is 4. The van der Waals surface area contributed by atoms with E-state index in [9.17, 15) is 18.3 Å². The van der Waals surface area contributed by atoms with Gasteiger partial charge in [0.05, 0.1) is 23.4 Å². The topological polar surface area (TPSA) is 107 Å². The normalized spacial score (nSPS) is 21.6. The minimum absolute atomic E-state index is 0.00349. The molecule has 9 nitrogen and oxygen atoms in total. The van der Waals surface area contributed by atoms with Crippen LogP contribution in [-0.4, -0.2) is 65.6 Å². The zero-order valence-corrected chi connectivity index (χ0v) is 15.0. The van der Waals surface area contributed by atoms with Crippen molar-refractivity contribution in [1.29, 1.82) is 0 Å². The van der Waals surface area contributed by atoms with Gasteiger partial charge in [-0.05, 0) is 31.4 Å². The van der Waals surface area contributed by atoms with Gasteiger partial charge in [0.2, 0.25) is 0 Å². The van der Waals surface area contributed by atoms with E-state index in [4.69, 9.17) is 0 Å². The number of carbonyl (C=O) groups excluding carboxylic acids is 1. The van der Waals surface area contributed by atoms with E-state index >= 15 is 0 Å². The number of hydrogen-bond acceptors (Lipinski definition) is 6. The van der Waals surface area contributed by atoms with Crippen LogP contribution in [-0.2, 0) is 10.2 Å². The molecule has 0 aromatic carbocycles. The molecule has 0 saturated carbocycles. The van der Waals surface area contributed by atoms with Crippen LogP contribution < -0.4 is 9.62 Å². The number of nitrogens with zero attached hydrogens (tertiary/aromatic N) is 4. The van der Waals surface area contributed by atoms with E-state index < -0.39 is 22.2 Å². The summed E-state index contributed by atoms with van der Waals surface area (Å²) < 4.78 is 29.4. The Labute approximate surface area is 151 Å². The number of nitrogens with one attached hydrogen (secondary N) is 1. The molecule has 10 heteroatoms. The highest BCUT2D eigenvalue weighted by Crippen LogP contribution is 2.23. The minimum Gasteiger partial charge on any atom is -0.392 e. The fourth-order valence-electron chi connectivity index (χ4n) is 3.48. The predicted molar refractivity (Wildman–Crippen MR) is 95.2 cm³/mol. The summed E-state index contributed by atoms with van der Waals surface area (Å²) in [5.74, 6) is -0.722. The molecule has 26 heavy (non-hydrogen) atoms. The summed E-state index contributed by atoms with van der Waals surface area (Å²) >= 11 is 0. The number of amides is 1. The van der Waals surface area contributed by atoms with E-state index in [1.165, 1.54) is 6.20 Å². The SMILES string of the molecule is O=C(NS(=O)(=O)N1CCC(O)C1)c1cnn2ccc(N3CCCC3)cc12. The molecule has 1 atom stereocenters. The van der Waals surface area contributed by atoms with Crippen LogP contribution in [0.25, 0.3) is 5.52 Å². The molecule has 2 fully saturated rings. The Bertz CT molecular complexity index is 935. The van der Waals surface area contributed by atoms with Crippen molar-refractivity contribution in [2.75, 3.05) is 31.1 Å². The zero-order chi connectivity index (χ0) is 18.3. The van der Waals surface area contributed by atoms with Crippen LogP contribution in [0.2, 0.25) is 0 Å². The zero-order valence-electron chi connectivity index (χ0n) is 14.2. The van der Waals surface area contributed by atoms with Gasteiger partial charge < -0.3 is 10.0 Å². The highest BCUT2D eigenvalue weighted by atomic mass is 32.2. The number of β-amino-alcohol motifs (C(OH)–C–C–N with tert-alkyl or cyclic N) is 1. The number of anilines is 1. The van der Waals surface area contributed by atoms with Crippen molar-refractivity contribution in [2.45, 2.75) is 25.4 Å². The van der Waals surface area contributed by atoms with Gasteiger partial charge >= 0.3 is 10.2 Å². The van der Waals surface area contributed by atoms with E-state index in [1.54, 1.807) is 10.7 Å². The molecule has 2 saturated heterocycles. The average molecular weight is 379 g/mol. The molecule has 2 aliphatic rings. The molecular formula is C16H21N5O4S. The van der Waals surface area contributed by atoms with Crippen molar-refractivity contribution in [3.8, 4) is 0 Å². The van der Waals surface area contributed by atoms with Crippen molar-refractivity contribution < 1.29 is 18.3 Å². The van der Waals surface area contributed by atoms with Crippen LogP contribution in [0.5, 0.6) is 0 Å². The lowest BCUT2D eigenvalue weighted by Crippen LogP contribution is -2.42. The van der Waals surface area contributed by atoms with Gasteiger partial charge in [-0.3, -0.25) is 4.79 Å². The molecule has 0 bridgehead atoms. The molecule has 0 spiro atoms. The number of aliphatic hydroxyl groups is 1. The van der Waals surface area contributed by atoms with Gasteiger partial charge in [-0.2, -0.15) is 17.8 Å². The van der Waals surface area contributed by atoms with Gasteiger partial charge in [-0.15, -0.1) is 0 Å².